The first-order valence-electron chi connectivity index (χ1n) is 11.0. The Hall–Kier alpha value is -1.51. The highest BCUT2D eigenvalue weighted by atomic mass is 19.4. The summed E-state index contributed by atoms with van der Waals surface area (Å²) in [6, 6.07) is 5.39. The molecule has 2 aliphatic heterocycles. The van der Waals surface area contributed by atoms with Gasteiger partial charge in [-0.05, 0) is 74.9 Å². The van der Waals surface area contributed by atoms with Crippen LogP contribution in [-0.4, -0.2) is 72.7 Å². The van der Waals surface area contributed by atoms with Crippen LogP contribution in [0.1, 0.15) is 32.1 Å². The maximum atomic E-state index is 12.3. The molecule has 0 radical (unpaired) electrons. The molecule has 0 unspecified atom stereocenters. The zero-order valence-corrected chi connectivity index (χ0v) is 17.2. The summed E-state index contributed by atoms with van der Waals surface area (Å²) in [5.41, 5.74) is 0. The van der Waals surface area contributed by atoms with Crippen LogP contribution in [-0.2, 0) is 0 Å². The summed E-state index contributed by atoms with van der Waals surface area (Å²) in [6.45, 7) is 6.68. The van der Waals surface area contributed by atoms with E-state index in [9.17, 15) is 18.3 Å². The third-order valence-corrected chi connectivity index (χ3v) is 6.69. The predicted octanol–water partition coefficient (Wildman–Crippen LogP) is 3.52. The summed E-state index contributed by atoms with van der Waals surface area (Å²) in [5.74, 6) is 1.16. The minimum absolute atomic E-state index is 0.278. The van der Waals surface area contributed by atoms with Gasteiger partial charge in [0.15, 0.2) is 0 Å². The standard InChI is InChI=1S/C22H31F3N2O3/c23-22(24,25)30-19-6-4-18(5-7-19)29-21-13-17-15-27(14-16(17)12-20(21)28)11-10-26-8-2-1-3-9-26/h4-7,16-17,20-21,28H,1-3,8-15H2/t16-,17+,20+,21+/m0/s1. The number of halogens is 3. The Morgan fingerprint density at radius 3 is 2.13 bits per heavy atom. The molecular weight excluding hydrogens is 397 g/mol. The molecule has 1 aromatic rings. The highest BCUT2D eigenvalue weighted by Gasteiger charge is 2.42. The average Bonchev–Trinajstić information content (AvgIpc) is 3.09. The summed E-state index contributed by atoms with van der Waals surface area (Å²) in [6.07, 6.45) is -0.153. The molecule has 1 N–H and O–H groups in total. The van der Waals surface area contributed by atoms with Crippen molar-refractivity contribution in [2.75, 3.05) is 39.3 Å². The number of aliphatic hydroxyl groups excluding tert-OH is 1. The van der Waals surface area contributed by atoms with Crippen LogP contribution in [0.2, 0.25) is 0 Å². The first-order valence-corrected chi connectivity index (χ1v) is 11.0. The number of likely N-dealkylation sites (tertiary alicyclic amines) is 2. The van der Waals surface area contributed by atoms with Gasteiger partial charge < -0.3 is 24.4 Å². The molecule has 1 saturated carbocycles. The van der Waals surface area contributed by atoms with E-state index in [0.717, 1.165) is 32.6 Å². The number of fused-ring (bicyclic) bond motifs is 1. The zero-order valence-electron chi connectivity index (χ0n) is 17.2. The van der Waals surface area contributed by atoms with Crippen molar-refractivity contribution in [1.82, 2.24) is 9.80 Å². The number of benzene rings is 1. The number of hydrogen-bond acceptors (Lipinski definition) is 5. The minimum Gasteiger partial charge on any atom is -0.488 e. The maximum absolute atomic E-state index is 12.3. The molecule has 5 nitrogen and oxygen atoms in total. The van der Waals surface area contributed by atoms with Crippen LogP contribution in [0, 0.1) is 11.8 Å². The van der Waals surface area contributed by atoms with Gasteiger partial charge in [-0.1, -0.05) is 6.42 Å². The molecule has 1 aliphatic carbocycles. The SMILES string of the molecule is O[C@@H]1C[C@H]2CN(CCN3CCCCC3)C[C@H]2C[C@H]1Oc1ccc(OC(F)(F)F)cc1. The third-order valence-electron chi connectivity index (χ3n) is 6.69. The zero-order chi connectivity index (χ0) is 21.1. The van der Waals surface area contributed by atoms with Crippen molar-refractivity contribution in [3.05, 3.63) is 24.3 Å². The molecule has 4 rings (SSSR count). The van der Waals surface area contributed by atoms with Crippen molar-refractivity contribution in [2.24, 2.45) is 11.8 Å². The Morgan fingerprint density at radius 1 is 0.867 bits per heavy atom. The molecule has 0 spiro atoms. The summed E-state index contributed by atoms with van der Waals surface area (Å²) in [5, 5.41) is 10.6. The van der Waals surface area contributed by atoms with Gasteiger partial charge in [0.2, 0.25) is 0 Å². The number of ether oxygens (including phenoxy) is 2. The molecule has 30 heavy (non-hydrogen) atoms. The van der Waals surface area contributed by atoms with E-state index in [0.29, 0.717) is 24.0 Å². The van der Waals surface area contributed by atoms with Crippen molar-refractivity contribution in [2.45, 2.75) is 50.7 Å². The van der Waals surface area contributed by atoms with E-state index < -0.39 is 12.5 Å². The Bertz CT molecular complexity index is 679. The molecule has 2 saturated heterocycles. The lowest BCUT2D eigenvalue weighted by Gasteiger charge is -2.35. The summed E-state index contributed by atoms with van der Waals surface area (Å²) < 4.78 is 46.7. The first kappa shape index (κ1) is 21.7. The lowest BCUT2D eigenvalue weighted by Crippen LogP contribution is -2.42. The first-order chi connectivity index (χ1) is 14.4. The second kappa shape index (κ2) is 9.32. The second-order valence-corrected chi connectivity index (χ2v) is 8.90. The molecule has 8 heteroatoms. The molecule has 0 aromatic heterocycles. The number of piperidine rings is 1. The highest BCUT2D eigenvalue weighted by Crippen LogP contribution is 2.38. The monoisotopic (exact) mass is 428 g/mol. The molecule has 1 aromatic carbocycles. The average molecular weight is 428 g/mol. The van der Waals surface area contributed by atoms with Gasteiger partial charge in [0.1, 0.15) is 17.6 Å². The predicted molar refractivity (Wildman–Crippen MR) is 106 cm³/mol. The van der Waals surface area contributed by atoms with Crippen LogP contribution < -0.4 is 9.47 Å². The van der Waals surface area contributed by atoms with Crippen LogP contribution in [0.5, 0.6) is 11.5 Å². The fourth-order valence-electron chi connectivity index (χ4n) is 5.16. The van der Waals surface area contributed by atoms with Crippen molar-refractivity contribution < 1.29 is 27.8 Å². The van der Waals surface area contributed by atoms with Crippen molar-refractivity contribution in [1.29, 1.82) is 0 Å². The van der Waals surface area contributed by atoms with E-state index >= 15 is 0 Å². The van der Waals surface area contributed by atoms with E-state index in [1.54, 1.807) is 0 Å². The maximum Gasteiger partial charge on any atom is 0.573 e. The van der Waals surface area contributed by atoms with Crippen LogP contribution in [0.4, 0.5) is 13.2 Å². The Labute approximate surface area is 175 Å². The molecule has 3 aliphatic rings. The van der Waals surface area contributed by atoms with E-state index in [1.807, 2.05) is 0 Å². The summed E-state index contributed by atoms with van der Waals surface area (Å²) >= 11 is 0. The number of aliphatic hydroxyl groups is 1. The molecule has 2 heterocycles. The molecule has 0 bridgehead atoms. The number of hydrogen-bond donors (Lipinski definition) is 1. The van der Waals surface area contributed by atoms with Crippen LogP contribution in [0.25, 0.3) is 0 Å². The molecule has 168 valence electrons. The Kier molecular flexibility index (Phi) is 6.75. The summed E-state index contributed by atoms with van der Waals surface area (Å²) in [4.78, 5) is 5.07. The largest absolute Gasteiger partial charge is 0.573 e. The van der Waals surface area contributed by atoms with Crippen molar-refractivity contribution in [3.8, 4) is 11.5 Å². The molecule has 0 amide bonds. The quantitative estimate of drug-likeness (QED) is 0.751. The van der Waals surface area contributed by atoms with Gasteiger partial charge in [-0.25, -0.2) is 0 Å². The lowest BCUT2D eigenvalue weighted by molar-refractivity contribution is -0.274. The number of nitrogens with zero attached hydrogens (tertiary/aromatic N) is 2. The van der Waals surface area contributed by atoms with Gasteiger partial charge >= 0.3 is 6.36 Å². The Balaban J connectivity index is 1.26. The highest BCUT2D eigenvalue weighted by molar-refractivity contribution is 5.31. The third kappa shape index (κ3) is 5.80. The van der Waals surface area contributed by atoms with Crippen LogP contribution in [0.3, 0.4) is 0 Å². The van der Waals surface area contributed by atoms with Gasteiger partial charge in [-0.15, -0.1) is 13.2 Å². The normalized spacial score (nSPS) is 30.8. The topological polar surface area (TPSA) is 45.2 Å². The van der Waals surface area contributed by atoms with E-state index in [-0.39, 0.29) is 11.9 Å². The van der Waals surface area contributed by atoms with Gasteiger partial charge in [0.05, 0.1) is 6.10 Å². The second-order valence-electron chi connectivity index (χ2n) is 8.90. The van der Waals surface area contributed by atoms with E-state index in [1.165, 1.54) is 56.6 Å². The van der Waals surface area contributed by atoms with E-state index in [2.05, 4.69) is 14.5 Å². The fourth-order valence-corrected chi connectivity index (χ4v) is 5.16. The fraction of sp³-hybridized carbons (Fsp3) is 0.727. The molecule has 4 atom stereocenters. The van der Waals surface area contributed by atoms with Gasteiger partial charge in [0, 0.05) is 26.2 Å². The summed E-state index contributed by atoms with van der Waals surface area (Å²) in [7, 11) is 0. The van der Waals surface area contributed by atoms with Crippen LogP contribution in [0.15, 0.2) is 24.3 Å². The number of rotatable bonds is 6. The Morgan fingerprint density at radius 2 is 1.47 bits per heavy atom. The van der Waals surface area contributed by atoms with Crippen molar-refractivity contribution in [3.63, 3.8) is 0 Å². The lowest BCUT2D eigenvalue weighted by atomic mass is 9.78. The number of alkyl halides is 3. The molecule has 3 fully saturated rings. The minimum atomic E-state index is -4.71. The van der Waals surface area contributed by atoms with Gasteiger partial charge in [-0.2, -0.15) is 0 Å². The van der Waals surface area contributed by atoms with Crippen LogP contribution >= 0.6 is 0 Å². The van der Waals surface area contributed by atoms with Gasteiger partial charge in [-0.3, -0.25) is 0 Å². The molecular formula is C22H31F3N2O3. The smallest absolute Gasteiger partial charge is 0.488 e. The van der Waals surface area contributed by atoms with Gasteiger partial charge in [0.25, 0.3) is 0 Å². The van der Waals surface area contributed by atoms with E-state index in [4.69, 9.17) is 4.74 Å². The van der Waals surface area contributed by atoms with Crippen molar-refractivity contribution >= 4 is 0 Å².